The Labute approximate surface area is 98.9 Å². The van der Waals surface area contributed by atoms with Gasteiger partial charge in [0.05, 0.1) is 5.25 Å². The van der Waals surface area contributed by atoms with Crippen LogP contribution in [0.4, 0.5) is 0 Å². The zero-order valence-electron chi connectivity index (χ0n) is 10.5. The van der Waals surface area contributed by atoms with Gasteiger partial charge >= 0.3 is 0 Å². The largest absolute Gasteiger partial charge is 0.312 e. The average molecular weight is 245 g/mol. The zero-order chi connectivity index (χ0) is 12.0. The van der Waals surface area contributed by atoms with Crippen molar-refractivity contribution in [3.63, 3.8) is 0 Å². The van der Waals surface area contributed by atoms with Gasteiger partial charge in [-0.2, -0.15) is 0 Å². The van der Waals surface area contributed by atoms with Crippen molar-refractivity contribution in [3.05, 3.63) is 0 Å². The summed E-state index contributed by atoms with van der Waals surface area (Å²) in [5.74, 6) is 0.744. The van der Waals surface area contributed by atoms with Gasteiger partial charge in [-0.05, 0) is 37.1 Å². The lowest BCUT2D eigenvalue weighted by atomic mass is 10.1. The van der Waals surface area contributed by atoms with E-state index < -0.39 is 9.84 Å². The van der Waals surface area contributed by atoms with Gasteiger partial charge in [-0.3, -0.25) is 0 Å². The van der Waals surface area contributed by atoms with E-state index in [9.17, 15) is 8.42 Å². The molecule has 0 saturated heterocycles. The average Bonchev–Trinajstić information content (AvgIpc) is 2.63. The van der Waals surface area contributed by atoms with Gasteiger partial charge in [-0.25, -0.2) is 8.42 Å². The third kappa shape index (κ3) is 2.59. The van der Waals surface area contributed by atoms with E-state index in [0.717, 1.165) is 31.7 Å². The highest BCUT2D eigenvalue weighted by Gasteiger charge is 2.46. The second-order valence-corrected chi connectivity index (χ2v) is 8.47. The molecule has 3 atom stereocenters. The fourth-order valence-electron chi connectivity index (χ4n) is 2.89. The molecule has 0 radical (unpaired) electrons. The molecular weight excluding hydrogens is 222 g/mol. The van der Waals surface area contributed by atoms with Crippen LogP contribution < -0.4 is 5.32 Å². The first-order chi connectivity index (χ1) is 7.31. The van der Waals surface area contributed by atoms with Crippen LogP contribution in [-0.4, -0.2) is 32.5 Å². The minimum Gasteiger partial charge on any atom is -0.312 e. The number of nitrogens with one attached hydrogen (secondary N) is 1. The highest BCUT2D eigenvalue weighted by Crippen LogP contribution is 2.51. The standard InChI is InChI=1S/C12H23NO2S/c1-12(2)7-9(12)8-13-10-5-4-6-11(10)16(3,14)15/h9-11,13H,4-8H2,1-3H3. The van der Waals surface area contributed by atoms with Crippen molar-refractivity contribution in [2.75, 3.05) is 12.8 Å². The molecular formula is C12H23NO2S. The lowest BCUT2D eigenvalue weighted by Gasteiger charge is -2.19. The molecule has 0 aliphatic heterocycles. The summed E-state index contributed by atoms with van der Waals surface area (Å²) in [5.41, 5.74) is 0.478. The third-order valence-electron chi connectivity index (χ3n) is 4.35. The van der Waals surface area contributed by atoms with Crippen molar-refractivity contribution in [1.29, 1.82) is 0 Å². The van der Waals surface area contributed by atoms with E-state index in [1.807, 2.05) is 0 Å². The van der Waals surface area contributed by atoms with Crippen LogP contribution in [0.3, 0.4) is 0 Å². The topological polar surface area (TPSA) is 46.2 Å². The second-order valence-electron chi connectivity index (χ2n) is 6.20. The normalized spacial score (nSPS) is 37.6. The van der Waals surface area contributed by atoms with Crippen LogP contribution in [0.25, 0.3) is 0 Å². The molecule has 1 N–H and O–H groups in total. The van der Waals surface area contributed by atoms with Gasteiger partial charge in [0.15, 0.2) is 9.84 Å². The Hall–Kier alpha value is -0.0900. The SMILES string of the molecule is CC1(C)CC1CNC1CCCC1S(C)(=O)=O. The zero-order valence-corrected chi connectivity index (χ0v) is 11.3. The maximum atomic E-state index is 11.6. The predicted octanol–water partition coefficient (Wildman–Crippen LogP) is 1.59. The van der Waals surface area contributed by atoms with Gasteiger partial charge in [0, 0.05) is 12.3 Å². The molecule has 0 bridgehead atoms. The summed E-state index contributed by atoms with van der Waals surface area (Å²) in [5, 5.41) is 3.33. The predicted molar refractivity (Wildman–Crippen MR) is 66.2 cm³/mol. The van der Waals surface area contributed by atoms with Gasteiger partial charge in [0.25, 0.3) is 0 Å². The molecule has 0 spiro atoms. The monoisotopic (exact) mass is 245 g/mol. The van der Waals surface area contributed by atoms with Crippen LogP contribution in [0.15, 0.2) is 0 Å². The number of hydrogen-bond donors (Lipinski definition) is 1. The van der Waals surface area contributed by atoms with E-state index in [0.29, 0.717) is 5.41 Å². The van der Waals surface area contributed by atoms with E-state index in [1.54, 1.807) is 0 Å². The van der Waals surface area contributed by atoms with Crippen LogP contribution in [0.5, 0.6) is 0 Å². The molecule has 0 aromatic rings. The molecule has 2 rings (SSSR count). The molecule has 0 heterocycles. The summed E-state index contributed by atoms with van der Waals surface area (Å²) in [4.78, 5) is 0. The molecule has 3 unspecified atom stereocenters. The van der Waals surface area contributed by atoms with Gasteiger partial charge in [-0.15, -0.1) is 0 Å². The lowest BCUT2D eigenvalue weighted by molar-refractivity contribution is 0.460. The molecule has 4 heteroatoms. The minimum atomic E-state index is -2.87. The summed E-state index contributed by atoms with van der Waals surface area (Å²) in [6, 6.07) is 0.200. The number of rotatable bonds is 4. The molecule has 94 valence electrons. The fraction of sp³-hybridized carbons (Fsp3) is 1.00. The summed E-state index contributed by atoms with van der Waals surface area (Å²) in [7, 11) is -2.87. The van der Waals surface area contributed by atoms with Gasteiger partial charge in [-0.1, -0.05) is 20.3 Å². The molecule has 2 aliphatic carbocycles. The van der Waals surface area contributed by atoms with Crippen molar-refractivity contribution in [3.8, 4) is 0 Å². The Bertz CT molecular complexity index is 361. The molecule has 16 heavy (non-hydrogen) atoms. The molecule has 2 fully saturated rings. The first-order valence-electron chi connectivity index (χ1n) is 6.23. The third-order valence-corrected chi connectivity index (χ3v) is 6.01. The van der Waals surface area contributed by atoms with Crippen molar-refractivity contribution in [1.82, 2.24) is 5.32 Å². The van der Waals surface area contributed by atoms with Crippen LogP contribution in [0, 0.1) is 11.3 Å². The van der Waals surface area contributed by atoms with E-state index in [4.69, 9.17) is 0 Å². The molecule has 0 aromatic heterocycles. The fourth-order valence-corrected chi connectivity index (χ4v) is 4.31. The van der Waals surface area contributed by atoms with E-state index >= 15 is 0 Å². The van der Waals surface area contributed by atoms with Crippen molar-refractivity contribution < 1.29 is 8.42 Å². The summed E-state index contributed by atoms with van der Waals surface area (Å²) in [6.45, 7) is 5.55. The second kappa shape index (κ2) is 3.98. The van der Waals surface area contributed by atoms with Crippen molar-refractivity contribution in [2.45, 2.75) is 50.8 Å². The van der Waals surface area contributed by atoms with E-state index in [2.05, 4.69) is 19.2 Å². The maximum Gasteiger partial charge on any atom is 0.151 e. The Morgan fingerprint density at radius 1 is 1.31 bits per heavy atom. The van der Waals surface area contributed by atoms with E-state index in [1.165, 1.54) is 12.7 Å². The first-order valence-corrected chi connectivity index (χ1v) is 8.18. The molecule has 2 aliphatic rings. The van der Waals surface area contributed by atoms with Crippen LogP contribution in [-0.2, 0) is 9.84 Å². The minimum absolute atomic E-state index is 0.144. The smallest absolute Gasteiger partial charge is 0.151 e. The molecule has 0 aromatic carbocycles. The lowest BCUT2D eigenvalue weighted by Crippen LogP contribution is -2.41. The maximum absolute atomic E-state index is 11.6. The number of sulfone groups is 1. The quantitative estimate of drug-likeness (QED) is 0.818. The Balaban J connectivity index is 1.85. The summed E-state index contributed by atoms with van der Waals surface area (Å²) >= 11 is 0. The molecule has 0 amide bonds. The molecule has 3 nitrogen and oxygen atoms in total. The first kappa shape index (κ1) is 12.4. The highest BCUT2D eigenvalue weighted by molar-refractivity contribution is 7.91. The molecule has 2 saturated carbocycles. The van der Waals surface area contributed by atoms with Crippen molar-refractivity contribution in [2.24, 2.45) is 11.3 Å². The van der Waals surface area contributed by atoms with Crippen molar-refractivity contribution >= 4 is 9.84 Å². The summed E-state index contributed by atoms with van der Waals surface area (Å²) in [6.07, 6.45) is 5.55. The van der Waals surface area contributed by atoms with Crippen LogP contribution in [0.1, 0.15) is 39.5 Å². The van der Waals surface area contributed by atoms with Gasteiger partial charge in [0.1, 0.15) is 0 Å². The Morgan fingerprint density at radius 3 is 2.44 bits per heavy atom. The van der Waals surface area contributed by atoms with Gasteiger partial charge < -0.3 is 5.32 Å². The van der Waals surface area contributed by atoms with Gasteiger partial charge in [0.2, 0.25) is 0 Å². The number of hydrogen-bond acceptors (Lipinski definition) is 3. The Kier molecular flexibility index (Phi) is 3.08. The summed E-state index contributed by atoms with van der Waals surface area (Å²) < 4.78 is 23.2. The Morgan fingerprint density at radius 2 is 1.94 bits per heavy atom. The van der Waals surface area contributed by atoms with Crippen LogP contribution in [0.2, 0.25) is 0 Å². The highest BCUT2D eigenvalue weighted by atomic mass is 32.2. The van der Waals surface area contributed by atoms with E-state index in [-0.39, 0.29) is 11.3 Å². The van der Waals surface area contributed by atoms with Crippen LogP contribution >= 0.6 is 0 Å².